The van der Waals surface area contributed by atoms with E-state index in [9.17, 15) is 29.4 Å². The maximum Gasteiger partial charge on any atom is 0.352 e. The largest absolute Gasteiger partial charge is 0.489 e. The molecule has 1 aliphatic carbocycles. The summed E-state index contributed by atoms with van der Waals surface area (Å²) in [4.78, 5) is 50.7. The van der Waals surface area contributed by atoms with Crippen LogP contribution in [0.5, 0.6) is 5.75 Å². The Kier molecular flexibility index (Phi) is 5.58. The van der Waals surface area contributed by atoms with Crippen molar-refractivity contribution in [3.8, 4) is 5.75 Å². The summed E-state index contributed by atoms with van der Waals surface area (Å²) in [6.45, 7) is -0.119. The maximum atomic E-state index is 13.1. The van der Waals surface area contributed by atoms with Gasteiger partial charge in [-0.2, -0.15) is 0 Å². The van der Waals surface area contributed by atoms with Gasteiger partial charge in [0.2, 0.25) is 5.91 Å². The highest BCUT2D eigenvalue weighted by Crippen LogP contribution is 2.63. The zero-order chi connectivity index (χ0) is 26.7. The summed E-state index contributed by atoms with van der Waals surface area (Å²) in [6, 6.07) is 16.8. The van der Waals surface area contributed by atoms with Crippen LogP contribution < -0.4 is 15.7 Å². The van der Waals surface area contributed by atoms with E-state index in [4.69, 9.17) is 9.15 Å². The molecule has 1 saturated carbocycles. The number of carbonyl (C=O) groups is 3. The molecule has 0 bridgehead atoms. The highest BCUT2D eigenvalue weighted by atomic mass is 32.2. The number of carboxylic acids is 1. The number of carboxylic acid groups (broad SMARTS) is 1. The minimum absolute atomic E-state index is 0.0362. The number of thioether (sulfide) groups is 1. The Morgan fingerprint density at radius 1 is 1.11 bits per heavy atom. The smallest absolute Gasteiger partial charge is 0.352 e. The van der Waals surface area contributed by atoms with Crippen molar-refractivity contribution in [2.75, 3.05) is 6.61 Å². The van der Waals surface area contributed by atoms with Crippen LogP contribution in [0.2, 0.25) is 0 Å². The molecule has 10 nitrogen and oxygen atoms in total. The molecule has 38 heavy (non-hydrogen) atoms. The number of fused-ring (bicyclic) bond motifs is 2. The molecule has 11 heteroatoms. The summed E-state index contributed by atoms with van der Waals surface area (Å²) in [7, 11) is 0. The van der Waals surface area contributed by atoms with Crippen LogP contribution in [0.15, 0.2) is 81.1 Å². The molecule has 0 radical (unpaired) electrons. The molecule has 3 N–H and O–H groups in total. The first kappa shape index (κ1) is 24.3. The lowest BCUT2D eigenvalue weighted by molar-refractivity contribution is -0.186. The van der Waals surface area contributed by atoms with Gasteiger partial charge < -0.3 is 24.7 Å². The van der Waals surface area contributed by atoms with E-state index in [2.05, 4.69) is 5.32 Å². The summed E-state index contributed by atoms with van der Waals surface area (Å²) in [6.07, 6.45) is 1.23. The SMILES string of the molecule is O=C(Cc1ccccc1)N[C@]1(O)C(=O)N2C(C(=O)O)=C(COc3ccc4ccc(=O)oc4c3)C3(CC3)S[C@@H]21. The standard InChI is InChI=1S/C27H22N2O8S/c30-20(12-15-4-2-1-3-5-15)28-27(35)24(34)29-22(23(32)33)18(26(10-11-26)38-25(27)29)14-36-17-8-6-16-7-9-21(31)37-19(16)13-17/h1-9,13,25,35H,10-12,14H2,(H,28,30)(H,32,33)/t25-,27+/m1/s1. The highest BCUT2D eigenvalue weighted by molar-refractivity contribution is 8.02. The molecule has 1 aromatic heterocycles. The van der Waals surface area contributed by atoms with Crippen LogP contribution in [0.3, 0.4) is 0 Å². The van der Waals surface area contributed by atoms with Crippen molar-refractivity contribution in [3.63, 3.8) is 0 Å². The minimum atomic E-state index is -2.21. The molecule has 0 unspecified atom stereocenters. The fourth-order valence-electron chi connectivity index (χ4n) is 4.92. The van der Waals surface area contributed by atoms with Gasteiger partial charge in [-0.1, -0.05) is 30.3 Å². The van der Waals surface area contributed by atoms with Crippen molar-refractivity contribution in [2.45, 2.75) is 35.1 Å². The number of aliphatic hydroxyl groups is 1. The Morgan fingerprint density at radius 3 is 2.55 bits per heavy atom. The predicted octanol–water partition coefficient (Wildman–Crippen LogP) is 2.01. The number of hydrogen-bond donors (Lipinski definition) is 3. The van der Waals surface area contributed by atoms with E-state index in [1.54, 1.807) is 48.5 Å². The zero-order valence-electron chi connectivity index (χ0n) is 19.9. The van der Waals surface area contributed by atoms with Crippen LogP contribution in [-0.2, 0) is 20.8 Å². The van der Waals surface area contributed by atoms with Crippen LogP contribution in [0.4, 0.5) is 0 Å². The number of ether oxygens (including phenoxy) is 1. The Balaban J connectivity index is 1.25. The first-order chi connectivity index (χ1) is 18.2. The van der Waals surface area contributed by atoms with Gasteiger partial charge in [-0.25, -0.2) is 9.59 Å². The van der Waals surface area contributed by atoms with Gasteiger partial charge >= 0.3 is 11.6 Å². The van der Waals surface area contributed by atoms with Crippen LogP contribution in [0, 0.1) is 0 Å². The normalized spacial score (nSPS) is 23.1. The van der Waals surface area contributed by atoms with Crippen molar-refractivity contribution in [1.29, 1.82) is 0 Å². The summed E-state index contributed by atoms with van der Waals surface area (Å²) >= 11 is 1.26. The Hall–Kier alpha value is -4.09. The van der Waals surface area contributed by atoms with Gasteiger partial charge in [-0.05, 0) is 36.6 Å². The number of amides is 2. The molecule has 2 fully saturated rings. The monoisotopic (exact) mass is 534 g/mol. The van der Waals surface area contributed by atoms with E-state index < -0.39 is 39.3 Å². The lowest BCUT2D eigenvalue weighted by atomic mass is 9.96. The summed E-state index contributed by atoms with van der Waals surface area (Å²) < 4.78 is 10.5. The molecule has 1 spiro atoms. The molecule has 1 saturated heterocycles. The van der Waals surface area contributed by atoms with Crippen molar-refractivity contribution >= 4 is 40.5 Å². The van der Waals surface area contributed by atoms with E-state index in [0.717, 1.165) is 4.90 Å². The molecule has 3 aromatic rings. The van der Waals surface area contributed by atoms with Crippen LogP contribution >= 0.6 is 11.8 Å². The third kappa shape index (κ3) is 3.95. The number of rotatable bonds is 7. The molecule has 6 rings (SSSR count). The summed E-state index contributed by atoms with van der Waals surface area (Å²) in [5.41, 5.74) is -1.49. The first-order valence-electron chi connectivity index (χ1n) is 11.9. The topological polar surface area (TPSA) is 146 Å². The first-order valence-corrected chi connectivity index (χ1v) is 12.8. The molecule has 2 aliphatic heterocycles. The maximum absolute atomic E-state index is 13.1. The Bertz CT molecular complexity index is 1580. The average molecular weight is 535 g/mol. The number of aliphatic carboxylic acids is 1. The molecule has 3 heterocycles. The second kappa shape index (κ2) is 8.74. The van der Waals surface area contributed by atoms with E-state index >= 15 is 0 Å². The molecule has 2 atom stereocenters. The zero-order valence-corrected chi connectivity index (χ0v) is 20.7. The van der Waals surface area contributed by atoms with Gasteiger partial charge in [-0.3, -0.25) is 14.5 Å². The third-order valence-corrected chi connectivity index (χ3v) is 8.85. The molecular weight excluding hydrogens is 512 g/mol. The second-order valence-corrected chi connectivity index (χ2v) is 11.0. The molecular formula is C27H22N2O8S. The number of nitrogens with zero attached hydrogens (tertiary/aromatic N) is 1. The summed E-state index contributed by atoms with van der Waals surface area (Å²) in [5.74, 6) is -2.41. The van der Waals surface area contributed by atoms with Crippen LogP contribution in [0.25, 0.3) is 11.0 Å². The molecule has 194 valence electrons. The molecule has 2 aromatic carbocycles. The fourth-order valence-corrected chi connectivity index (χ4v) is 6.62. The lowest BCUT2D eigenvalue weighted by Crippen LogP contribution is -2.80. The van der Waals surface area contributed by atoms with Gasteiger partial charge in [0, 0.05) is 27.8 Å². The highest BCUT2D eigenvalue weighted by Gasteiger charge is 2.70. The molecule has 2 amide bonds. The van der Waals surface area contributed by atoms with E-state index in [0.29, 0.717) is 40.7 Å². The average Bonchev–Trinajstić information content (AvgIpc) is 3.67. The fraction of sp³-hybridized carbons (Fsp3) is 0.259. The van der Waals surface area contributed by atoms with E-state index in [-0.39, 0.29) is 18.7 Å². The van der Waals surface area contributed by atoms with Gasteiger partial charge in [0.25, 0.3) is 11.6 Å². The summed E-state index contributed by atoms with van der Waals surface area (Å²) in [5, 5.41) is 23.4. The second-order valence-electron chi connectivity index (χ2n) is 9.49. The number of nitrogens with one attached hydrogen (secondary N) is 1. The molecule has 3 aliphatic rings. The van der Waals surface area contributed by atoms with Crippen molar-refractivity contribution in [1.82, 2.24) is 10.2 Å². The Labute approximate surface area is 219 Å². The van der Waals surface area contributed by atoms with Gasteiger partial charge in [0.1, 0.15) is 29.0 Å². The van der Waals surface area contributed by atoms with E-state index in [1.165, 1.54) is 17.8 Å². The number of hydrogen-bond acceptors (Lipinski definition) is 8. The van der Waals surface area contributed by atoms with Gasteiger partial charge in [0.15, 0.2) is 0 Å². The lowest BCUT2D eigenvalue weighted by Gasteiger charge is -2.55. The quantitative estimate of drug-likeness (QED) is 0.235. The predicted molar refractivity (Wildman–Crippen MR) is 136 cm³/mol. The number of β-lactam (4-membered cyclic amide) rings is 1. The number of carbonyl (C=O) groups excluding carboxylic acids is 2. The van der Waals surface area contributed by atoms with Crippen LogP contribution in [0.1, 0.15) is 18.4 Å². The van der Waals surface area contributed by atoms with Crippen LogP contribution in [-0.4, -0.2) is 55.3 Å². The van der Waals surface area contributed by atoms with Gasteiger partial charge in [-0.15, -0.1) is 11.8 Å². The van der Waals surface area contributed by atoms with Crippen molar-refractivity contribution in [2.24, 2.45) is 0 Å². The van der Waals surface area contributed by atoms with Crippen molar-refractivity contribution < 1.29 is 33.8 Å². The third-order valence-electron chi connectivity index (χ3n) is 6.97. The minimum Gasteiger partial charge on any atom is -0.489 e. The van der Waals surface area contributed by atoms with E-state index in [1.807, 2.05) is 6.07 Å². The van der Waals surface area contributed by atoms with Gasteiger partial charge in [0.05, 0.1) is 6.42 Å². The van der Waals surface area contributed by atoms with Crippen molar-refractivity contribution in [3.05, 3.63) is 87.9 Å². The number of benzene rings is 2. The Morgan fingerprint density at radius 2 is 1.84 bits per heavy atom.